The molecule has 0 aromatic heterocycles. The molecule has 21 heavy (non-hydrogen) atoms. The van der Waals surface area contributed by atoms with Crippen molar-refractivity contribution in [3.63, 3.8) is 0 Å². The molecule has 110 valence electrons. The summed E-state index contributed by atoms with van der Waals surface area (Å²) >= 11 is 11.8. The van der Waals surface area contributed by atoms with Gasteiger partial charge in [-0.05, 0) is 30.7 Å². The molecule has 0 aliphatic carbocycles. The number of hydrogen-bond acceptors (Lipinski definition) is 2. The number of amides is 1. The Kier molecular flexibility index (Phi) is 5.62. The van der Waals surface area contributed by atoms with Gasteiger partial charge in [-0.2, -0.15) is 0 Å². The van der Waals surface area contributed by atoms with E-state index < -0.39 is 0 Å². The number of benzene rings is 2. The molecule has 2 N–H and O–H groups in total. The maximum Gasteiger partial charge on any atom is 0.238 e. The Labute approximate surface area is 134 Å². The lowest BCUT2D eigenvalue weighted by Crippen LogP contribution is -2.30. The molecule has 0 bridgehead atoms. The Morgan fingerprint density at radius 2 is 1.86 bits per heavy atom. The summed E-state index contributed by atoms with van der Waals surface area (Å²) in [5, 5.41) is 6.88. The molecule has 2 aromatic rings. The van der Waals surface area contributed by atoms with Gasteiger partial charge in [-0.15, -0.1) is 0 Å². The van der Waals surface area contributed by atoms with Crippen molar-refractivity contribution in [1.29, 1.82) is 0 Å². The van der Waals surface area contributed by atoms with E-state index >= 15 is 0 Å². The van der Waals surface area contributed by atoms with Gasteiger partial charge in [-0.1, -0.05) is 53.5 Å². The molecule has 5 heteroatoms. The van der Waals surface area contributed by atoms with Crippen LogP contribution in [0.3, 0.4) is 0 Å². The van der Waals surface area contributed by atoms with Crippen LogP contribution in [-0.4, -0.2) is 12.5 Å². The van der Waals surface area contributed by atoms with Crippen LogP contribution in [0.25, 0.3) is 0 Å². The lowest BCUT2D eigenvalue weighted by molar-refractivity contribution is -0.115. The topological polar surface area (TPSA) is 41.1 Å². The van der Waals surface area contributed by atoms with E-state index in [0.717, 1.165) is 5.56 Å². The zero-order chi connectivity index (χ0) is 15.2. The summed E-state index contributed by atoms with van der Waals surface area (Å²) in [6, 6.07) is 15.0. The van der Waals surface area contributed by atoms with E-state index in [0.29, 0.717) is 15.7 Å². The minimum Gasteiger partial charge on any atom is -0.324 e. The van der Waals surface area contributed by atoms with E-state index in [4.69, 9.17) is 23.2 Å². The number of carbonyl (C=O) groups excluding carboxylic acids is 1. The number of halogens is 2. The first kappa shape index (κ1) is 15.8. The van der Waals surface area contributed by atoms with Gasteiger partial charge in [0.05, 0.1) is 17.3 Å². The summed E-state index contributed by atoms with van der Waals surface area (Å²) in [5.74, 6) is -0.151. The summed E-state index contributed by atoms with van der Waals surface area (Å²) in [6.45, 7) is 2.22. The maximum atomic E-state index is 11.9. The predicted octanol–water partition coefficient (Wildman–Crippen LogP) is 4.28. The average Bonchev–Trinajstić information content (AvgIpc) is 2.48. The van der Waals surface area contributed by atoms with E-state index in [1.807, 2.05) is 37.3 Å². The van der Waals surface area contributed by atoms with Crippen LogP contribution in [0.15, 0.2) is 48.5 Å². The number of anilines is 1. The fourth-order valence-electron chi connectivity index (χ4n) is 1.89. The van der Waals surface area contributed by atoms with Crippen molar-refractivity contribution in [3.05, 3.63) is 64.1 Å². The van der Waals surface area contributed by atoms with Gasteiger partial charge in [-0.25, -0.2) is 0 Å². The normalized spacial score (nSPS) is 12.0. The van der Waals surface area contributed by atoms with E-state index in [-0.39, 0.29) is 18.5 Å². The Morgan fingerprint density at radius 1 is 1.14 bits per heavy atom. The second kappa shape index (κ2) is 7.46. The summed E-state index contributed by atoms with van der Waals surface area (Å²) < 4.78 is 0. The molecule has 1 atom stereocenters. The monoisotopic (exact) mass is 322 g/mol. The molecule has 0 spiro atoms. The third-order valence-electron chi connectivity index (χ3n) is 3.07. The molecule has 0 saturated heterocycles. The van der Waals surface area contributed by atoms with Gasteiger partial charge in [0.1, 0.15) is 0 Å². The highest BCUT2D eigenvalue weighted by atomic mass is 35.5. The molecule has 2 rings (SSSR count). The van der Waals surface area contributed by atoms with Crippen molar-refractivity contribution in [2.24, 2.45) is 0 Å². The molecule has 0 fully saturated rings. The quantitative estimate of drug-likeness (QED) is 0.862. The molecule has 1 amide bonds. The first-order chi connectivity index (χ1) is 10.1. The highest BCUT2D eigenvalue weighted by Crippen LogP contribution is 2.25. The van der Waals surface area contributed by atoms with E-state index in [2.05, 4.69) is 10.6 Å². The molecule has 0 aliphatic heterocycles. The third kappa shape index (κ3) is 4.74. The fraction of sp³-hybridized carbons (Fsp3) is 0.188. The molecular formula is C16H16Cl2N2O. The standard InChI is InChI=1S/C16H16Cl2N2O/c1-11(12-5-3-2-4-6-12)19-10-16(21)20-15-8-7-13(17)9-14(15)18/h2-9,11,19H,10H2,1H3,(H,20,21). The summed E-state index contributed by atoms with van der Waals surface area (Å²) in [4.78, 5) is 11.9. The molecule has 1 unspecified atom stereocenters. The minimum absolute atomic E-state index is 0.0950. The summed E-state index contributed by atoms with van der Waals surface area (Å²) in [7, 11) is 0. The van der Waals surface area contributed by atoms with E-state index in [9.17, 15) is 4.79 Å². The molecule has 0 aliphatic rings. The van der Waals surface area contributed by atoms with Crippen molar-refractivity contribution in [3.8, 4) is 0 Å². The van der Waals surface area contributed by atoms with Gasteiger partial charge in [-0.3, -0.25) is 4.79 Å². The van der Waals surface area contributed by atoms with Gasteiger partial charge in [0.25, 0.3) is 0 Å². The summed E-state index contributed by atoms with van der Waals surface area (Å²) in [5.41, 5.74) is 1.69. The highest BCUT2D eigenvalue weighted by Gasteiger charge is 2.09. The van der Waals surface area contributed by atoms with Crippen LogP contribution in [0.5, 0.6) is 0 Å². The van der Waals surface area contributed by atoms with E-state index in [1.165, 1.54) is 0 Å². The third-order valence-corrected chi connectivity index (χ3v) is 3.62. The lowest BCUT2D eigenvalue weighted by Gasteiger charge is -2.14. The van der Waals surface area contributed by atoms with Gasteiger partial charge < -0.3 is 10.6 Å². The van der Waals surface area contributed by atoms with Crippen LogP contribution in [0, 0.1) is 0 Å². The first-order valence-electron chi connectivity index (χ1n) is 6.59. The molecule has 2 aromatic carbocycles. The Bertz CT molecular complexity index is 617. The lowest BCUT2D eigenvalue weighted by atomic mass is 10.1. The van der Waals surface area contributed by atoms with Crippen LogP contribution in [0.1, 0.15) is 18.5 Å². The molecule has 0 heterocycles. The largest absolute Gasteiger partial charge is 0.324 e. The van der Waals surface area contributed by atoms with Crippen molar-refractivity contribution in [2.75, 3.05) is 11.9 Å². The van der Waals surface area contributed by atoms with Crippen molar-refractivity contribution < 1.29 is 4.79 Å². The van der Waals surface area contributed by atoms with Crippen molar-refractivity contribution >= 4 is 34.8 Å². The van der Waals surface area contributed by atoms with Crippen LogP contribution >= 0.6 is 23.2 Å². The second-order valence-electron chi connectivity index (χ2n) is 4.69. The van der Waals surface area contributed by atoms with Crippen molar-refractivity contribution in [2.45, 2.75) is 13.0 Å². The number of nitrogens with one attached hydrogen (secondary N) is 2. The van der Waals surface area contributed by atoms with Crippen LogP contribution in [0.4, 0.5) is 5.69 Å². The fourth-order valence-corrected chi connectivity index (χ4v) is 2.35. The van der Waals surface area contributed by atoms with Crippen LogP contribution in [0.2, 0.25) is 10.0 Å². The molecule has 3 nitrogen and oxygen atoms in total. The molecule has 0 saturated carbocycles. The molecular weight excluding hydrogens is 307 g/mol. The smallest absolute Gasteiger partial charge is 0.238 e. The highest BCUT2D eigenvalue weighted by molar-refractivity contribution is 6.36. The van der Waals surface area contributed by atoms with Crippen LogP contribution < -0.4 is 10.6 Å². The predicted molar refractivity (Wildman–Crippen MR) is 88.0 cm³/mol. The number of carbonyl (C=O) groups is 1. The first-order valence-corrected chi connectivity index (χ1v) is 7.35. The van der Waals surface area contributed by atoms with Crippen LogP contribution in [-0.2, 0) is 4.79 Å². The SMILES string of the molecule is CC(NCC(=O)Nc1ccc(Cl)cc1Cl)c1ccccc1. The zero-order valence-electron chi connectivity index (χ0n) is 11.6. The number of hydrogen-bond donors (Lipinski definition) is 2. The Balaban J connectivity index is 1.87. The van der Waals surface area contributed by atoms with E-state index in [1.54, 1.807) is 18.2 Å². The second-order valence-corrected chi connectivity index (χ2v) is 5.53. The van der Waals surface area contributed by atoms with Gasteiger partial charge in [0.15, 0.2) is 0 Å². The minimum atomic E-state index is -0.151. The average molecular weight is 323 g/mol. The van der Waals surface area contributed by atoms with Crippen molar-refractivity contribution in [1.82, 2.24) is 5.32 Å². The Hall–Kier alpha value is -1.55. The maximum absolute atomic E-state index is 11.9. The molecule has 0 radical (unpaired) electrons. The zero-order valence-corrected chi connectivity index (χ0v) is 13.1. The number of rotatable bonds is 5. The van der Waals surface area contributed by atoms with Gasteiger partial charge in [0.2, 0.25) is 5.91 Å². The summed E-state index contributed by atoms with van der Waals surface area (Å²) in [6.07, 6.45) is 0. The van der Waals surface area contributed by atoms with Gasteiger partial charge >= 0.3 is 0 Å². The van der Waals surface area contributed by atoms with Gasteiger partial charge in [0, 0.05) is 11.1 Å². The Morgan fingerprint density at radius 3 is 2.52 bits per heavy atom.